The van der Waals surface area contributed by atoms with Crippen molar-refractivity contribution in [3.8, 4) is 0 Å². The average molecular weight is 259 g/mol. The fraction of sp³-hybridized carbons (Fsp3) is 0.929. The van der Waals surface area contributed by atoms with Gasteiger partial charge in [0.2, 0.25) is 0 Å². The molecular weight excluding hydrogens is 230 g/mol. The summed E-state index contributed by atoms with van der Waals surface area (Å²) >= 11 is 0. The largest absolute Gasteiger partial charge is 0.465 e. The number of hydrogen-bond donors (Lipinski definition) is 1. The molecule has 0 spiro atoms. The van der Waals surface area contributed by atoms with Gasteiger partial charge in [-0.25, -0.2) is 0 Å². The Morgan fingerprint density at radius 3 is 2.33 bits per heavy atom. The van der Waals surface area contributed by atoms with Crippen molar-refractivity contribution >= 4 is 5.97 Å². The van der Waals surface area contributed by atoms with E-state index in [2.05, 4.69) is 6.92 Å². The molecule has 0 fully saturated rings. The van der Waals surface area contributed by atoms with Gasteiger partial charge < -0.3 is 14.7 Å². The van der Waals surface area contributed by atoms with Crippen molar-refractivity contribution < 1.29 is 14.6 Å². The first-order valence-electron chi connectivity index (χ1n) is 7.04. The summed E-state index contributed by atoms with van der Waals surface area (Å²) in [6.07, 6.45) is 7.06. The van der Waals surface area contributed by atoms with Gasteiger partial charge in [0, 0.05) is 6.54 Å². The molecule has 1 N–H and O–H groups in total. The maximum atomic E-state index is 11.6. The zero-order valence-electron chi connectivity index (χ0n) is 12.2. The number of unbranched alkanes of at least 4 members (excludes halogenated alkanes) is 5. The summed E-state index contributed by atoms with van der Waals surface area (Å²) in [6, 6.07) is 0. The molecule has 0 aliphatic rings. The van der Waals surface area contributed by atoms with E-state index in [1.54, 1.807) is 0 Å². The first-order chi connectivity index (χ1) is 8.61. The maximum Gasteiger partial charge on any atom is 0.312 e. The Labute approximate surface area is 111 Å². The van der Waals surface area contributed by atoms with Crippen LogP contribution in [0.3, 0.4) is 0 Å². The van der Waals surface area contributed by atoms with Gasteiger partial charge in [-0.3, -0.25) is 4.79 Å². The SMILES string of the molecule is CCCCCCCCOC(=O)C(CO)CN(C)C. The van der Waals surface area contributed by atoms with Crippen molar-refractivity contribution in [2.75, 3.05) is 33.9 Å². The van der Waals surface area contributed by atoms with Crippen LogP contribution in [0.1, 0.15) is 45.4 Å². The third-order valence-electron chi connectivity index (χ3n) is 2.88. The molecule has 0 aliphatic heterocycles. The van der Waals surface area contributed by atoms with Crippen LogP contribution in [0.4, 0.5) is 0 Å². The van der Waals surface area contributed by atoms with E-state index < -0.39 is 5.92 Å². The highest BCUT2D eigenvalue weighted by molar-refractivity contribution is 5.72. The highest BCUT2D eigenvalue weighted by Crippen LogP contribution is 2.06. The van der Waals surface area contributed by atoms with Gasteiger partial charge in [0.05, 0.1) is 19.1 Å². The van der Waals surface area contributed by atoms with Crippen molar-refractivity contribution in [3.63, 3.8) is 0 Å². The Kier molecular flexibility index (Phi) is 11.1. The molecule has 0 aromatic heterocycles. The van der Waals surface area contributed by atoms with E-state index in [4.69, 9.17) is 9.84 Å². The number of rotatable bonds is 11. The van der Waals surface area contributed by atoms with Crippen LogP contribution in [0, 0.1) is 5.92 Å². The van der Waals surface area contributed by atoms with Crippen LogP contribution in [0.25, 0.3) is 0 Å². The molecular formula is C14H29NO3. The van der Waals surface area contributed by atoms with Crippen LogP contribution in [0.2, 0.25) is 0 Å². The average Bonchev–Trinajstić information content (AvgIpc) is 2.34. The third-order valence-corrected chi connectivity index (χ3v) is 2.88. The number of esters is 1. The van der Waals surface area contributed by atoms with Gasteiger partial charge in [0.1, 0.15) is 0 Å². The number of hydrogen-bond acceptors (Lipinski definition) is 4. The van der Waals surface area contributed by atoms with Gasteiger partial charge in [-0.15, -0.1) is 0 Å². The number of carbonyl (C=O) groups excluding carboxylic acids is 1. The monoisotopic (exact) mass is 259 g/mol. The third kappa shape index (κ3) is 9.42. The molecule has 0 amide bonds. The van der Waals surface area contributed by atoms with Gasteiger partial charge in [-0.05, 0) is 20.5 Å². The smallest absolute Gasteiger partial charge is 0.312 e. The van der Waals surface area contributed by atoms with E-state index in [1.165, 1.54) is 25.7 Å². The van der Waals surface area contributed by atoms with Crippen LogP contribution >= 0.6 is 0 Å². The molecule has 0 aliphatic carbocycles. The molecule has 0 rings (SSSR count). The number of ether oxygens (including phenoxy) is 1. The Morgan fingerprint density at radius 1 is 1.17 bits per heavy atom. The first-order valence-corrected chi connectivity index (χ1v) is 7.04. The van der Waals surface area contributed by atoms with Crippen molar-refractivity contribution in [2.24, 2.45) is 5.92 Å². The summed E-state index contributed by atoms with van der Waals surface area (Å²) in [7, 11) is 3.76. The minimum Gasteiger partial charge on any atom is -0.465 e. The van der Waals surface area contributed by atoms with Crippen LogP contribution < -0.4 is 0 Å². The highest BCUT2D eigenvalue weighted by atomic mass is 16.5. The van der Waals surface area contributed by atoms with Crippen molar-refractivity contribution in [1.82, 2.24) is 4.90 Å². The summed E-state index contributed by atoms with van der Waals surface area (Å²) in [5.41, 5.74) is 0. The second-order valence-electron chi connectivity index (χ2n) is 5.08. The molecule has 4 heteroatoms. The Bertz CT molecular complexity index is 207. The van der Waals surface area contributed by atoms with E-state index in [0.717, 1.165) is 12.8 Å². The molecule has 108 valence electrons. The predicted molar refractivity (Wildman–Crippen MR) is 73.5 cm³/mol. The van der Waals surface area contributed by atoms with E-state index >= 15 is 0 Å². The fourth-order valence-electron chi connectivity index (χ4n) is 1.82. The standard InChI is InChI=1S/C14H29NO3/c1-4-5-6-7-8-9-10-18-14(17)13(12-16)11-15(2)3/h13,16H,4-12H2,1-3H3. The zero-order valence-corrected chi connectivity index (χ0v) is 12.2. The lowest BCUT2D eigenvalue weighted by atomic mass is 10.1. The Balaban J connectivity index is 3.56. The molecule has 0 aromatic rings. The molecule has 0 saturated heterocycles. The minimum absolute atomic E-state index is 0.145. The number of carbonyl (C=O) groups is 1. The number of aliphatic hydroxyl groups is 1. The van der Waals surface area contributed by atoms with Crippen molar-refractivity contribution in [2.45, 2.75) is 45.4 Å². The fourth-order valence-corrected chi connectivity index (χ4v) is 1.82. The molecule has 0 saturated carbocycles. The summed E-state index contributed by atoms with van der Waals surface area (Å²) in [6.45, 7) is 3.07. The summed E-state index contributed by atoms with van der Waals surface area (Å²) in [5.74, 6) is -0.695. The van der Waals surface area contributed by atoms with E-state index in [0.29, 0.717) is 13.2 Å². The second-order valence-corrected chi connectivity index (χ2v) is 5.08. The van der Waals surface area contributed by atoms with Gasteiger partial charge in [-0.1, -0.05) is 39.0 Å². The normalized spacial score (nSPS) is 12.7. The molecule has 1 unspecified atom stereocenters. The van der Waals surface area contributed by atoms with Gasteiger partial charge in [0.15, 0.2) is 0 Å². The van der Waals surface area contributed by atoms with Crippen LogP contribution in [0.5, 0.6) is 0 Å². The Morgan fingerprint density at radius 2 is 1.78 bits per heavy atom. The van der Waals surface area contributed by atoms with Crippen molar-refractivity contribution in [1.29, 1.82) is 0 Å². The van der Waals surface area contributed by atoms with E-state index in [-0.39, 0.29) is 12.6 Å². The molecule has 1 atom stereocenters. The lowest BCUT2D eigenvalue weighted by molar-refractivity contribution is -0.150. The number of aliphatic hydroxyl groups excluding tert-OH is 1. The first kappa shape index (κ1) is 17.4. The molecule has 18 heavy (non-hydrogen) atoms. The van der Waals surface area contributed by atoms with E-state index in [9.17, 15) is 4.79 Å². The van der Waals surface area contributed by atoms with Gasteiger partial charge in [0.25, 0.3) is 0 Å². The Hall–Kier alpha value is -0.610. The lowest BCUT2D eigenvalue weighted by Gasteiger charge is -2.17. The van der Waals surface area contributed by atoms with Crippen LogP contribution in [0.15, 0.2) is 0 Å². The van der Waals surface area contributed by atoms with Gasteiger partial charge in [-0.2, -0.15) is 0 Å². The molecule has 0 aromatic carbocycles. The summed E-state index contributed by atoms with van der Waals surface area (Å²) in [4.78, 5) is 13.5. The predicted octanol–water partition coefficient (Wildman–Crippen LogP) is 2.06. The summed E-state index contributed by atoms with van der Waals surface area (Å²) in [5, 5.41) is 9.12. The van der Waals surface area contributed by atoms with Gasteiger partial charge >= 0.3 is 5.97 Å². The topological polar surface area (TPSA) is 49.8 Å². The highest BCUT2D eigenvalue weighted by Gasteiger charge is 2.19. The molecule has 0 heterocycles. The summed E-state index contributed by atoms with van der Waals surface area (Å²) < 4.78 is 5.18. The quantitative estimate of drug-likeness (QED) is 0.456. The van der Waals surface area contributed by atoms with E-state index in [1.807, 2.05) is 19.0 Å². The van der Waals surface area contributed by atoms with Crippen LogP contribution in [-0.2, 0) is 9.53 Å². The lowest BCUT2D eigenvalue weighted by Crippen LogP contribution is -2.32. The maximum absolute atomic E-state index is 11.6. The zero-order chi connectivity index (χ0) is 13.8. The minimum atomic E-state index is -0.417. The number of nitrogens with zero attached hydrogens (tertiary/aromatic N) is 1. The second kappa shape index (κ2) is 11.5. The van der Waals surface area contributed by atoms with Crippen molar-refractivity contribution in [3.05, 3.63) is 0 Å². The van der Waals surface area contributed by atoms with Crippen LogP contribution in [-0.4, -0.2) is 49.8 Å². The molecule has 4 nitrogen and oxygen atoms in total. The molecule has 0 bridgehead atoms. The molecule has 0 radical (unpaired) electrons.